The highest BCUT2D eigenvalue weighted by atomic mass is 16.2. The van der Waals surface area contributed by atoms with Gasteiger partial charge in [-0.3, -0.25) is 14.5 Å². The predicted molar refractivity (Wildman–Crippen MR) is 105 cm³/mol. The van der Waals surface area contributed by atoms with E-state index in [2.05, 4.69) is 23.1 Å². The Labute approximate surface area is 166 Å². The van der Waals surface area contributed by atoms with Gasteiger partial charge in [0, 0.05) is 57.9 Å². The number of nitriles is 1. The molecule has 0 saturated carbocycles. The van der Waals surface area contributed by atoms with E-state index in [1.165, 1.54) is 5.56 Å². The summed E-state index contributed by atoms with van der Waals surface area (Å²) in [6.45, 7) is 4.97. The zero-order valence-electron chi connectivity index (χ0n) is 16.1. The summed E-state index contributed by atoms with van der Waals surface area (Å²) in [6.07, 6.45) is 2.98. The summed E-state index contributed by atoms with van der Waals surface area (Å²) in [5.74, 6) is -0.587. The monoisotopic (exact) mass is 381 g/mol. The predicted octanol–water partition coefficient (Wildman–Crippen LogP) is 0.936. The molecule has 7 nitrogen and oxygen atoms in total. The van der Waals surface area contributed by atoms with E-state index in [4.69, 9.17) is 5.73 Å². The molecule has 28 heavy (non-hydrogen) atoms. The van der Waals surface area contributed by atoms with Crippen molar-refractivity contribution in [3.63, 3.8) is 0 Å². The quantitative estimate of drug-likeness (QED) is 0.605. The molecule has 2 fully saturated rings. The Morgan fingerprint density at radius 2 is 1.71 bits per heavy atom. The molecule has 148 valence electrons. The molecule has 3 rings (SSSR count). The normalized spacial score (nSPS) is 19.3. The van der Waals surface area contributed by atoms with Gasteiger partial charge in [0.15, 0.2) is 0 Å². The number of nitrogens with zero attached hydrogens (tertiary/aromatic N) is 4. The summed E-state index contributed by atoms with van der Waals surface area (Å²) in [6, 6.07) is 12.3. The third-order valence-corrected chi connectivity index (χ3v) is 5.50. The van der Waals surface area contributed by atoms with Gasteiger partial charge in [0.2, 0.25) is 5.91 Å². The number of amides is 2. The first-order valence-corrected chi connectivity index (χ1v) is 9.77. The van der Waals surface area contributed by atoms with Crippen LogP contribution >= 0.6 is 0 Å². The van der Waals surface area contributed by atoms with Crippen LogP contribution in [0.2, 0.25) is 0 Å². The Morgan fingerprint density at radius 3 is 2.29 bits per heavy atom. The summed E-state index contributed by atoms with van der Waals surface area (Å²) >= 11 is 0. The Bertz CT molecular complexity index is 755. The summed E-state index contributed by atoms with van der Waals surface area (Å²) in [4.78, 5) is 30.0. The lowest BCUT2D eigenvalue weighted by molar-refractivity contribution is -0.128. The van der Waals surface area contributed by atoms with Crippen molar-refractivity contribution >= 4 is 11.8 Å². The fraction of sp³-hybridized carbons (Fsp3) is 0.476. The summed E-state index contributed by atoms with van der Waals surface area (Å²) < 4.78 is 0. The van der Waals surface area contributed by atoms with Gasteiger partial charge in [0.25, 0.3) is 5.91 Å². The minimum atomic E-state index is -0.270. The lowest BCUT2D eigenvalue weighted by atomic mass is 9.96. The van der Waals surface area contributed by atoms with Crippen LogP contribution in [0, 0.1) is 17.2 Å². The fourth-order valence-corrected chi connectivity index (χ4v) is 3.75. The van der Waals surface area contributed by atoms with Gasteiger partial charge >= 0.3 is 0 Å². The molecule has 2 amide bonds. The molecule has 0 aromatic heterocycles. The topological polar surface area (TPSA) is 93.7 Å². The molecular formula is C21H27N5O2. The fourth-order valence-electron chi connectivity index (χ4n) is 3.75. The molecule has 2 aliphatic heterocycles. The van der Waals surface area contributed by atoms with Crippen LogP contribution in [0.1, 0.15) is 18.4 Å². The van der Waals surface area contributed by atoms with Crippen molar-refractivity contribution in [3.8, 4) is 6.07 Å². The molecule has 7 heteroatoms. The molecule has 1 aromatic rings. The van der Waals surface area contributed by atoms with Crippen LogP contribution in [0.3, 0.4) is 0 Å². The van der Waals surface area contributed by atoms with E-state index < -0.39 is 0 Å². The maximum absolute atomic E-state index is 12.8. The van der Waals surface area contributed by atoms with Crippen molar-refractivity contribution in [2.24, 2.45) is 11.7 Å². The van der Waals surface area contributed by atoms with Crippen LogP contribution in [-0.2, 0) is 16.1 Å². The number of benzene rings is 1. The first-order chi connectivity index (χ1) is 13.6. The van der Waals surface area contributed by atoms with Gasteiger partial charge in [0.1, 0.15) is 11.6 Å². The lowest BCUT2D eigenvalue weighted by Gasteiger charge is -2.35. The SMILES string of the molecule is N#C/C(=C/N1CCC(C(N)=O)CC1)C(=O)N1CCN(Cc2ccccc2)CC1. The summed E-state index contributed by atoms with van der Waals surface area (Å²) in [7, 11) is 0. The van der Waals surface area contributed by atoms with Crippen LogP contribution in [0.5, 0.6) is 0 Å². The molecule has 0 bridgehead atoms. The average molecular weight is 381 g/mol. The van der Waals surface area contributed by atoms with Crippen molar-refractivity contribution in [3.05, 3.63) is 47.7 Å². The van der Waals surface area contributed by atoms with Crippen molar-refractivity contribution in [2.75, 3.05) is 39.3 Å². The van der Waals surface area contributed by atoms with Gasteiger partial charge in [-0.2, -0.15) is 5.26 Å². The number of hydrogen-bond donors (Lipinski definition) is 1. The number of piperazine rings is 1. The van der Waals surface area contributed by atoms with Gasteiger partial charge in [0.05, 0.1) is 0 Å². The number of nitrogens with two attached hydrogens (primary N) is 1. The Hall–Kier alpha value is -2.85. The maximum Gasteiger partial charge on any atom is 0.266 e. The van der Waals surface area contributed by atoms with E-state index in [0.29, 0.717) is 39.0 Å². The first-order valence-electron chi connectivity index (χ1n) is 9.77. The van der Waals surface area contributed by atoms with Gasteiger partial charge in [-0.1, -0.05) is 30.3 Å². The van der Waals surface area contributed by atoms with Crippen molar-refractivity contribution in [1.29, 1.82) is 5.26 Å². The first kappa shape index (κ1) is 19.9. The van der Waals surface area contributed by atoms with E-state index in [-0.39, 0.29) is 23.3 Å². The highest BCUT2D eigenvalue weighted by molar-refractivity contribution is 5.97. The maximum atomic E-state index is 12.8. The smallest absolute Gasteiger partial charge is 0.266 e. The highest BCUT2D eigenvalue weighted by Crippen LogP contribution is 2.18. The zero-order chi connectivity index (χ0) is 19.9. The molecule has 0 unspecified atom stereocenters. The molecule has 2 heterocycles. The van der Waals surface area contributed by atoms with Crippen LogP contribution in [0.25, 0.3) is 0 Å². The summed E-state index contributed by atoms with van der Waals surface area (Å²) in [5, 5.41) is 9.47. The number of likely N-dealkylation sites (tertiary alicyclic amines) is 1. The van der Waals surface area contributed by atoms with E-state index in [0.717, 1.165) is 19.6 Å². The number of carbonyl (C=O) groups excluding carboxylic acids is 2. The molecule has 2 N–H and O–H groups in total. The second-order valence-corrected chi connectivity index (χ2v) is 7.42. The Morgan fingerprint density at radius 1 is 1.07 bits per heavy atom. The number of primary amides is 1. The minimum absolute atomic E-state index is 0.108. The van der Waals surface area contributed by atoms with Crippen molar-refractivity contribution in [2.45, 2.75) is 19.4 Å². The standard InChI is InChI=1S/C21H27N5O2/c22-14-19(16-24-8-6-18(7-9-24)20(23)27)21(28)26-12-10-25(11-13-26)15-17-4-2-1-3-5-17/h1-5,16,18H,6-13,15H2,(H2,23,27)/b19-16-. The molecule has 2 saturated heterocycles. The van der Waals surface area contributed by atoms with E-state index >= 15 is 0 Å². The highest BCUT2D eigenvalue weighted by Gasteiger charge is 2.26. The van der Waals surface area contributed by atoms with E-state index in [1.54, 1.807) is 11.1 Å². The van der Waals surface area contributed by atoms with Crippen LogP contribution in [0.4, 0.5) is 0 Å². The minimum Gasteiger partial charge on any atom is -0.376 e. The van der Waals surface area contributed by atoms with Gasteiger partial charge in [-0.25, -0.2) is 0 Å². The van der Waals surface area contributed by atoms with Gasteiger partial charge < -0.3 is 15.5 Å². The van der Waals surface area contributed by atoms with Crippen LogP contribution in [0.15, 0.2) is 42.1 Å². The zero-order valence-corrected chi connectivity index (χ0v) is 16.1. The van der Waals surface area contributed by atoms with Gasteiger partial charge in [-0.15, -0.1) is 0 Å². The van der Waals surface area contributed by atoms with Crippen molar-refractivity contribution in [1.82, 2.24) is 14.7 Å². The number of piperidine rings is 1. The Kier molecular flexibility index (Phi) is 6.66. The number of hydrogen-bond acceptors (Lipinski definition) is 5. The van der Waals surface area contributed by atoms with Gasteiger partial charge in [-0.05, 0) is 18.4 Å². The van der Waals surface area contributed by atoms with Crippen molar-refractivity contribution < 1.29 is 9.59 Å². The largest absolute Gasteiger partial charge is 0.376 e. The van der Waals surface area contributed by atoms with E-state index in [1.807, 2.05) is 23.1 Å². The van der Waals surface area contributed by atoms with Crippen LogP contribution in [-0.4, -0.2) is 65.8 Å². The molecular weight excluding hydrogens is 354 g/mol. The molecule has 0 aliphatic carbocycles. The lowest BCUT2D eigenvalue weighted by Crippen LogP contribution is -2.48. The average Bonchev–Trinajstić information content (AvgIpc) is 2.73. The Balaban J connectivity index is 1.52. The summed E-state index contributed by atoms with van der Waals surface area (Å²) in [5.41, 5.74) is 6.78. The molecule has 0 atom stereocenters. The second kappa shape index (κ2) is 9.38. The number of carbonyl (C=O) groups is 2. The third kappa shape index (κ3) is 5.11. The number of rotatable bonds is 5. The van der Waals surface area contributed by atoms with E-state index in [9.17, 15) is 14.9 Å². The third-order valence-electron chi connectivity index (χ3n) is 5.50. The molecule has 2 aliphatic rings. The molecule has 1 aromatic carbocycles. The van der Waals surface area contributed by atoms with Crippen LogP contribution < -0.4 is 5.73 Å². The molecule has 0 spiro atoms. The molecule has 0 radical (unpaired) electrons. The second-order valence-electron chi connectivity index (χ2n) is 7.42.